The standard InChI is InChI=1S/C6H12N4O2/c1-12-3-2-10-5(8)4(7)6(11)9-10/h2-3,7-8H2,1H3,(H,9,11). The summed E-state index contributed by atoms with van der Waals surface area (Å²) >= 11 is 0. The summed E-state index contributed by atoms with van der Waals surface area (Å²) in [6, 6.07) is 0. The zero-order valence-electron chi connectivity index (χ0n) is 6.83. The smallest absolute Gasteiger partial charge is 0.289 e. The van der Waals surface area contributed by atoms with Crippen molar-refractivity contribution in [3.63, 3.8) is 0 Å². The number of nitrogen functional groups attached to an aromatic ring is 2. The van der Waals surface area contributed by atoms with Crippen molar-refractivity contribution in [2.75, 3.05) is 25.2 Å². The number of ether oxygens (including phenoxy) is 1. The molecule has 6 nitrogen and oxygen atoms in total. The normalized spacial score (nSPS) is 10.4. The number of rotatable bonds is 3. The third kappa shape index (κ3) is 1.42. The van der Waals surface area contributed by atoms with Crippen molar-refractivity contribution in [1.29, 1.82) is 0 Å². The molecule has 0 unspecified atom stereocenters. The van der Waals surface area contributed by atoms with Gasteiger partial charge in [0.1, 0.15) is 11.5 Å². The summed E-state index contributed by atoms with van der Waals surface area (Å²) in [5.74, 6) is 0.261. The first kappa shape index (κ1) is 8.66. The van der Waals surface area contributed by atoms with Crippen LogP contribution in [0.5, 0.6) is 0 Å². The van der Waals surface area contributed by atoms with Crippen LogP contribution in [0.1, 0.15) is 0 Å². The zero-order valence-corrected chi connectivity index (χ0v) is 6.83. The second-order valence-corrected chi connectivity index (χ2v) is 2.38. The molecule has 0 aliphatic rings. The predicted octanol–water partition coefficient (Wildman–Crippen LogP) is -1.01. The fourth-order valence-electron chi connectivity index (χ4n) is 0.864. The van der Waals surface area contributed by atoms with E-state index in [0.29, 0.717) is 13.2 Å². The van der Waals surface area contributed by atoms with Crippen molar-refractivity contribution >= 4 is 11.5 Å². The molecule has 12 heavy (non-hydrogen) atoms. The second kappa shape index (κ2) is 3.31. The lowest BCUT2D eigenvalue weighted by molar-refractivity contribution is 0.184. The van der Waals surface area contributed by atoms with E-state index in [0.717, 1.165) is 0 Å². The summed E-state index contributed by atoms with van der Waals surface area (Å²) in [4.78, 5) is 10.9. The van der Waals surface area contributed by atoms with Crippen LogP contribution in [-0.4, -0.2) is 23.5 Å². The van der Waals surface area contributed by atoms with E-state index in [4.69, 9.17) is 16.2 Å². The number of aromatic amines is 1. The van der Waals surface area contributed by atoms with Gasteiger partial charge >= 0.3 is 0 Å². The van der Waals surface area contributed by atoms with E-state index in [1.807, 2.05) is 0 Å². The first-order chi connectivity index (χ1) is 5.66. The first-order valence-corrected chi connectivity index (χ1v) is 3.49. The Labute approximate surface area is 69.1 Å². The van der Waals surface area contributed by atoms with Crippen LogP contribution in [0.3, 0.4) is 0 Å². The first-order valence-electron chi connectivity index (χ1n) is 3.49. The van der Waals surface area contributed by atoms with E-state index < -0.39 is 0 Å². The lowest BCUT2D eigenvalue weighted by Crippen LogP contribution is -2.11. The third-order valence-corrected chi connectivity index (χ3v) is 1.57. The van der Waals surface area contributed by atoms with E-state index >= 15 is 0 Å². The Morgan fingerprint density at radius 2 is 2.25 bits per heavy atom. The van der Waals surface area contributed by atoms with Crippen LogP contribution in [0.25, 0.3) is 0 Å². The van der Waals surface area contributed by atoms with Gasteiger partial charge in [-0.15, -0.1) is 0 Å². The summed E-state index contributed by atoms with van der Waals surface area (Å²) in [7, 11) is 1.57. The van der Waals surface area contributed by atoms with Crippen LogP contribution < -0.4 is 17.0 Å². The number of nitrogens with two attached hydrogens (primary N) is 2. The average molecular weight is 172 g/mol. The van der Waals surface area contributed by atoms with Gasteiger partial charge in [0, 0.05) is 7.11 Å². The summed E-state index contributed by atoms with van der Waals surface area (Å²) in [6.45, 7) is 0.975. The van der Waals surface area contributed by atoms with Crippen LogP contribution >= 0.6 is 0 Å². The molecule has 0 bridgehead atoms. The Morgan fingerprint density at radius 1 is 1.58 bits per heavy atom. The highest BCUT2D eigenvalue weighted by atomic mass is 16.5. The van der Waals surface area contributed by atoms with Crippen molar-refractivity contribution in [1.82, 2.24) is 9.78 Å². The SMILES string of the molecule is COCCn1[nH]c(=O)c(N)c1N. The molecule has 1 heterocycles. The number of nitrogens with zero attached hydrogens (tertiary/aromatic N) is 1. The van der Waals surface area contributed by atoms with Crippen LogP contribution in [0.15, 0.2) is 4.79 Å². The monoisotopic (exact) mass is 172 g/mol. The second-order valence-electron chi connectivity index (χ2n) is 2.38. The van der Waals surface area contributed by atoms with Gasteiger partial charge in [0.05, 0.1) is 13.2 Å². The van der Waals surface area contributed by atoms with Gasteiger partial charge in [-0.3, -0.25) is 14.6 Å². The lowest BCUT2D eigenvalue weighted by Gasteiger charge is -2.02. The number of anilines is 2. The van der Waals surface area contributed by atoms with Crippen molar-refractivity contribution in [2.45, 2.75) is 6.54 Å². The average Bonchev–Trinajstić information content (AvgIpc) is 2.30. The summed E-state index contributed by atoms with van der Waals surface area (Å²) in [6.07, 6.45) is 0. The number of aromatic nitrogens is 2. The minimum absolute atomic E-state index is 0.0612. The fourth-order valence-corrected chi connectivity index (χ4v) is 0.864. The highest BCUT2D eigenvalue weighted by Gasteiger charge is 2.06. The zero-order chi connectivity index (χ0) is 9.14. The number of methoxy groups -OCH3 is 1. The summed E-state index contributed by atoms with van der Waals surface area (Å²) in [5, 5.41) is 2.48. The molecule has 5 N–H and O–H groups in total. The fraction of sp³-hybridized carbons (Fsp3) is 0.500. The molecule has 0 atom stereocenters. The molecule has 68 valence electrons. The molecular weight excluding hydrogens is 160 g/mol. The van der Waals surface area contributed by atoms with E-state index in [9.17, 15) is 4.79 Å². The Morgan fingerprint density at radius 3 is 2.67 bits per heavy atom. The van der Waals surface area contributed by atoms with Crippen LogP contribution in [0.2, 0.25) is 0 Å². The molecule has 0 fully saturated rings. The van der Waals surface area contributed by atoms with Gasteiger partial charge in [-0.1, -0.05) is 0 Å². The van der Waals surface area contributed by atoms with E-state index in [1.54, 1.807) is 7.11 Å². The molecule has 1 aromatic rings. The van der Waals surface area contributed by atoms with Gasteiger partial charge in [0.2, 0.25) is 0 Å². The molecule has 6 heteroatoms. The molecule has 0 amide bonds. The van der Waals surface area contributed by atoms with Crippen LogP contribution in [0, 0.1) is 0 Å². The maximum absolute atomic E-state index is 10.9. The molecular formula is C6H12N4O2. The van der Waals surface area contributed by atoms with Gasteiger partial charge < -0.3 is 16.2 Å². The maximum atomic E-state index is 10.9. The minimum atomic E-state index is -0.358. The molecule has 0 aromatic carbocycles. The molecule has 1 rings (SSSR count). The van der Waals surface area contributed by atoms with Gasteiger partial charge in [-0.2, -0.15) is 0 Å². The van der Waals surface area contributed by atoms with Crippen molar-refractivity contribution in [3.8, 4) is 0 Å². The molecule has 0 radical (unpaired) electrons. The van der Waals surface area contributed by atoms with E-state index in [-0.39, 0.29) is 17.1 Å². The Balaban J connectivity index is 2.86. The molecule has 0 aliphatic carbocycles. The van der Waals surface area contributed by atoms with Crippen molar-refractivity contribution < 1.29 is 4.74 Å². The highest BCUT2D eigenvalue weighted by molar-refractivity contribution is 5.56. The molecule has 0 saturated carbocycles. The molecule has 0 spiro atoms. The van der Waals surface area contributed by atoms with E-state index in [2.05, 4.69) is 5.10 Å². The maximum Gasteiger partial charge on any atom is 0.289 e. The Kier molecular flexibility index (Phi) is 2.39. The van der Waals surface area contributed by atoms with E-state index in [1.165, 1.54) is 4.68 Å². The predicted molar refractivity (Wildman–Crippen MR) is 45.8 cm³/mol. The number of hydrogen-bond acceptors (Lipinski definition) is 4. The number of H-pyrrole nitrogens is 1. The molecule has 0 aliphatic heterocycles. The lowest BCUT2D eigenvalue weighted by atomic mass is 10.5. The molecule has 1 aromatic heterocycles. The third-order valence-electron chi connectivity index (χ3n) is 1.57. The van der Waals surface area contributed by atoms with Crippen LogP contribution in [-0.2, 0) is 11.3 Å². The minimum Gasteiger partial charge on any atom is -0.391 e. The Bertz CT molecular complexity index is 314. The van der Waals surface area contributed by atoms with Gasteiger partial charge in [0.25, 0.3) is 5.56 Å². The highest BCUT2D eigenvalue weighted by Crippen LogP contribution is 2.06. The summed E-state index contributed by atoms with van der Waals surface area (Å²) < 4.78 is 6.27. The van der Waals surface area contributed by atoms with Gasteiger partial charge in [-0.05, 0) is 0 Å². The number of hydrogen-bond donors (Lipinski definition) is 3. The van der Waals surface area contributed by atoms with Crippen molar-refractivity contribution in [2.24, 2.45) is 0 Å². The molecule has 0 saturated heterocycles. The largest absolute Gasteiger partial charge is 0.391 e. The quantitative estimate of drug-likeness (QED) is 0.543. The number of nitrogens with one attached hydrogen (secondary N) is 1. The topological polar surface area (TPSA) is 99.1 Å². The Hall–Kier alpha value is -1.43. The van der Waals surface area contributed by atoms with Crippen molar-refractivity contribution in [3.05, 3.63) is 10.4 Å². The van der Waals surface area contributed by atoms with Gasteiger partial charge in [0.15, 0.2) is 0 Å². The summed E-state index contributed by atoms with van der Waals surface area (Å²) in [5.41, 5.74) is 10.5. The van der Waals surface area contributed by atoms with Gasteiger partial charge in [-0.25, -0.2) is 0 Å². The van der Waals surface area contributed by atoms with Crippen LogP contribution in [0.4, 0.5) is 11.5 Å².